The lowest BCUT2D eigenvalue weighted by atomic mass is 10.4. The molecule has 0 saturated heterocycles. The molecule has 0 radical (unpaired) electrons. The van der Waals surface area contributed by atoms with Gasteiger partial charge in [-0.05, 0) is 13.8 Å². The van der Waals surface area contributed by atoms with Gasteiger partial charge in [-0.25, -0.2) is 7.58 Å². The molecule has 20 heavy (non-hydrogen) atoms. The zero-order valence-electron chi connectivity index (χ0n) is 10.8. The van der Waals surface area contributed by atoms with Gasteiger partial charge in [0, 0.05) is 7.05 Å². The highest BCUT2D eigenvalue weighted by Gasteiger charge is 2.16. The monoisotopic (exact) mass is 391 g/mol. The Hall–Kier alpha value is -1.98. The van der Waals surface area contributed by atoms with E-state index in [2.05, 4.69) is 15.2 Å². The van der Waals surface area contributed by atoms with Crippen molar-refractivity contribution < 1.29 is 9.52 Å². The molecule has 0 bridgehead atoms. The zero-order valence-corrected chi connectivity index (χ0v) is 12.9. The van der Waals surface area contributed by atoms with Crippen molar-refractivity contribution in [2.45, 2.75) is 13.8 Å². The van der Waals surface area contributed by atoms with Crippen LogP contribution in [-0.2, 0) is 7.05 Å². The summed E-state index contributed by atoms with van der Waals surface area (Å²) in [5, 5.41) is 17.0. The van der Waals surface area contributed by atoms with Crippen molar-refractivity contribution >= 4 is 34.6 Å². The van der Waals surface area contributed by atoms with Crippen molar-refractivity contribution in [3.63, 3.8) is 0 Å². The summed E-state index contributed by atoms with van der Waals surface area (Å²) in [6, 6.07) is -0.0346. The Morgan fingerprint density at radius 3 is 2.50 bits per heavy atom. The molecule has 0 atom stereocenters. The van der Waals surface area contributed by atoms with Gasteiger partial charge >= 0.3 is 11.7 Å². The Balaban J connectivity index is 2.55. The van der Waals surface area contributed by atoms with Crippen LogP contribution in [0.25, 0.3) is 0 Å². The fraction of sp³-hybridized carbons (Fsp3) is 0.300. The number of azo groups is 1. The second-order valence-electron chi connectivity index (χ2n) is 3.94. The Labute approximate surface area is 126 Å². The van der Waals surface area contributed by atoms with E-state index in [0.29, 0.717) is 11.5 Å². The third-order valence-corrected chi connectivity index (χ3v) is 3.48. The van der Waals surface area contributed by atoms with Gasteiger partial charge in [-0.1, -0.05) is 5.11 Å². The molecule has 0 amide bonds. The Kier molecular flexibility index (Phi) is 3.74. The van der Waals surface area contributed by atoms with Crippen molar-refractivity contribution in [3.05, 3.63) is 32.3 Å². The number of aryl methyl sites for hydroxylation is 2. The second kappa shape index (κ2) is 5.19. The standard InChI is InChI=1S/C10H10IN5O4/c1-4-5(2)20-9(12-4)14-13-6-7(17)15(3)10(19)16(11)8(6)18/h18H,1-3H3. The Bertz CT molecular complexity index is 797. The van der Waals surface area contributed by atoms with E-state index in [4.69, 9.17) is 4.42 Å². The van der Waals surface area contributed by atoms with Crippen LogP contribution < -0.4 is 11.2 Å². The maximum absolute atomic E-state index is 11.8. The summed E-state index contributed by atoms with van der Waals surface area (Å²) in [5.41, 5.74) is -1.15. The minimum Gasteiger partial charge on any atom is -0.492 e. The van der Waals surface area contributed by atoms with E-state index in [1.807, 2.05) is 0 Å². The van der Waals surface area contributed by atoms with Gasteiger partial charge in [0.2, 0.25) is 11.6 Å². The molecule has 0 aliphatic rings. The number of oxazole rings is 1. The fourth-order valence-corrected chi connectivity index (χ4v) is 1.89. The van der Waals surface area contributed by atoms with Gasteiger partial charge in [0.15, 0.2) is 0 Å². The van der Waals surface area contributed by atoms with Crippen LogP contribution in [0, 0.1) is 13.8 Å². The highest BCUT2D eigenvalue weighted by atomic mass is 127. The summed E-state index contributed by atoms with van der Waals surface area (Å²) in [7, 11) is 1.28. The maximum atomic E-state index is 11.8. The van der Waals surface area contributed by atoms with Crippen LogP contribution in [0.15, 0.2) is 24.2 Å². The molecule has 2 aromatic rings. The van der Waals surface area contributed by atoms with E-state index in [1.54, 1.807) is 36.7 Å². The molecule has 0 fully saturated rings. The second-order valence-corrected chi connectivity index (χ2v) is 4.90. The van der Waals surface area contributed by atoms with Crippen LogP contribution >= 0.6 is 22.9 Å². The van der Waals surface area contributed by atoms with Crippen molar-refractivity contribution in [3.8, 4) is 5.88 Å². The third kappa shape index (κ3) is 2.37. The predicted molar refractivity (Wildman–Crippen MR) is 77.2 cm³/mol. The summed E-state index contributed by atoms with van der Waals surface area (Å²) in [4.78, 5) is 27.3. The first-order valence-corrected chi connectivity index (χ1v) is 6.36. The minimum atomic E-state index is -0.760. The smallest absolute Gasteiger partial charge is 0.342 e. The van der Waals surface area contributed by atoms with Gasteiger partial charge in [0.25, 0.3) is 5.56 Å². The van der Waals surface area contributed by atoms with Crippen LogP contribution in [0.3, 0.4) is 0 Å². The van der Waals surface area contributed by atoms with Crippen LogP contribution in [-0.4, -0.2) is 17.4 Å². The third-order valence-electron chi connectivity index (χ3n) is 2.61. The van der Waals surface area contributed by atoms with E-state index < -0.39 is 17.1 Å². The van der Waals surface area contributed by atoms with Crippen molar-refractivity contribution in [1.82, 2.24) is 12.3 Å². The van der Waals surface area contributed by atoms with Crippen molar-refractivity contribution in [2.24, 2.45) is 17.3 Å². The summed E-state index contributed by atoms with van der Waals surface area (Å²) >= 11 is 1.55. The van der Waals surface area contributed by atoms with Crippen LogP contribution in [0.2, 0.25) is 0 Å². The average molecular weight is 391 g/mol. The molecule has 9 nitrogen and oxygen atoms in total. The highest BCUT2D eigenvalue weighted by Crippen LogP contribution is 2.24. The summed E-state index contributed by atoms with van der Waals surface area (Å²) in [6.07, 6.45) is 0. The first kappa shape index (κ1) is 14.4. The largest absolute Gasteiger partial charge is 0.492 e. The summed E-state index contributed by atoms with van der Waals surface area (Å²) in [6.45, 7) is 3.45. The topological polar surface area (TPSA) is 115 Å². The van der Waals surface area contributed by atoms with Gasteiger partial charge in [-0.2, -0.15) is 4.98 Å². The zero-order chi connectivity index (χ0) is 15.0. The van der Waals surface area contributed by atoms with Gasteiger partial charge in [-0.15, -0.1) is 5.11 Å². The lowest BCUT2D eigenvalue weighted by Crippen LogP contribution is -2.34. The lowest BCUT2D eigenvalue weighted by molar-refractivity contribution is 0.442. The molecule has 0 saturated carbocycles. The lowest BCUT2D eigenvalue weighted by Gasteiger charge is -2.03. The summed E-state index contributed by atoms with van der Waals surface area (Å²) < 4.78 is 6.84. The van der Waals surface area contributed by atoms with E-state index >= 15 is 0 Å². The molecular formula is C10H10IN5O4. The molecule has 106 valence electrons. The number of nitrogens with zero attached hydrogens (tertiary/aromatic N) is 5. The molecule has 0 aliphatic heterocycles. The summed E-state index contributed by atoms with van der Waals surface area (Å²) in [5.74, 6) is -0.00242. The molecule has 0 aliphatic carbocycles. The van der Waals surface area contributed by atoms with Gasteiger partial charge in [-0.3, -0.25) is 9.36 Å². The van der Waals surface area contributed by atoms with E-state index in [9.17, 15) is 14.7 Å². The fourth-order valence-electron chi connectivity index (χ4n) is 1.34. The van der Waals surface area contributed by atoms with E-state index in [-0.39, 0.29) is 11.7 Å². The molecule has 0 unspecified atom stereocenters. The van der Waals surface area contributed by atoms with Gasteiger partial charge in [0.1, 0.15) is 5.76 Å². The maximum Gasteiger partial charge on any atom is 0.342 e. The molecule has 2 aromatic heterocycles. The van der Waals surface area contributed by atoms with E-state index in [0.717, 1.165) is 7.35 Å². The van der Waals surface area contributed by atoms with Crippen molar-refractivity contribution in [1.29, 1.82) is 0 Å². The van der Waals surface area contributed by atoms with Gasteiger partial charge in [0.05, 0.1) is 28.6 Å². The molecule has 0 aromatic carbocycles. The number of hydrogen-bond acceptors (Lipinski definition) is 7. The molecule has 2 rings (SSSR count). The minimum absolute atomic E-state index is 0.0346. The number of aromatic hydroxyl groups is 1. The SMILES string of the molecule is Cc1nc(N=Nc2c(O)n(I)c(=O)n(C)c2=O)oc1C. The average Bonchev–Trinajstić information content (AvgIpc) is 2.73. The number of hydrogen-bond donors (Lipinski definition) is 1. The normalized spacial score (nSPS) is 11.4. The van der Waals surface area contributed by atoms with Gasteiger partial charge < -0.3 is 9.52 Å². The first-order valence-electron chi connectivity index (χ1n) is 5.40. The Morgan fingerprint density at radius 1 is 1.30 bits per heavy atom. The van der Waals surface area contributed by atoms with Crippen LogP contribution in [0.1, 0.15) is 11.5 Å². The molecular weight excluding hydrogens is 381 g/mol. The molecule has 1 N–H and O–H groups in total. The highest BCUT2D eigenvalue weighted by molar-refractivity contribution is 14.1. The Morgan fingerprint density at radius 2 is 1.95 bits per heavy atom. The molecule has 0 spiro atoms. The first-order chi connectivity index (χ1) is 9.32. The van der Waals surface area contributed by atoms with Crippen LogP contribution in [0.4, 0.5) is 11.7 Å². The number of aromatic nitrogens is 3. The number of halogens is 1. The molecule has 10 heteroatoms. The quantitative estimate of drug-likeness (QED) is 0.615. The van der Waals surface area contributed by atoms with Crippen LogP contribution in [0.5, 0.6) is 5.88 Å². The number of rotatable bonds is 2. The van der Waals surface area contributed by atoms with E-state index in [1.165, 1.54) is 7.05 Å². The van der Waals surface area contributed by atoms with Crippen molar-refractivity contribution in [2.75, 3.05) is 0 Å². The predicted octanol–water partition coefficient (Wildman–Crippen LogP) is 1.47. The molecule has 2 heterocycles.